The van der Waals surface area contributed by atoms with Crippen LogP contribution in [0.3, 0.4) is 0 Å². The highest BCUT2D eigenvalue weighted by Gasteiger charge is 2.07. The molecule has 0 aromatic heterocycles. The SMILES string of the molecule is C=CC1CCCCC1.C=COC(C)=O. The van der Waals surface area contributed by atoms with Crippen LogP contribution in [0.1, 0.15) is 39.0 Å². The number of esters is 1. The molecular formula is C12H20O2. The number of rotatable bonds is 2. The zero-order chi connectivity index (χ0) is 10.8. The molecule has 0 atom stereocenters. The molecule has 0 N–H and O–H groups in total. The molecular weight excluding hydrogens is 176 g/mol. The summed E-state index contributed by atoms with van der Waals surface area (Å²) in [7, 11) is 0. The summed E-state index contributed by atoms with van der Waals surface area (Å²) in [4.78, 5) is 9.75. The third-order valence-electron chi connectivity index (χ3n) is 2.23. The first-order chi connectivity index (χ1) is 6.70. The van der Waals surface area contributed by atoms with Crippen LogP contribution in [0.5, 0.6) is 0 Å². The Morgan fingerprint density at radius 2 is 1.86 bits per heavy atom. The van der Waals surface area contributed by atoms with Crippen molar-refractivity contribution >= 4 is 5.97 Å². The Labute approximate surface area is 86.6 Å². The van der Waals surface area contributed by atoms with Crippen LogP contribution in [0, 0.1) is 5.92 Å². The molecule has 0 saturated heterocycles. The van der Waals surface area contributed by atoms with Gasteiger partial charge in [-0.3, -0.25) is 4.79 Å². The fraction of sp³-hybridized carbons (Fsp3) is 0.583. The molecule has 0 radical (unpaired) electrons. The molecule has 80 valence electrons. The van der Waals surface area contributed by atoms with E-state index in [4.69, 9.17) is 0 Å². The summed E-state index contributed by atoms with van der Waals surface area (Å²) >= 11 is 0. The van der Waals surface area contributed by atoms with Crippen LogP contribution in [0.2, 0.25) is 0 Å². The van der Waals surface area contributed by atoms with Gasteiger partial charge in [0.15, 0.2) is 0 Å². The normalized spacial score (nSPS) is 16.1. The lowest BCUT2D eigenvalue weighted by Gasteiger charge is -2.16. The van der Waals surface area contributed by atoms with Gasteiger partial charge in [0.05, 0.1) is 6.26 Å². The average Bonchev–Trinajstić information content (AvgIpc) is 2.20. The molecule has 0 amide bonds. The first-order valence-electron chi connectivity index (χ1n) is 5.11. The van der Waals surface area contributed by atoms with Gasteiger partial charge in [-0.15, -0.1) is 6.58 Å². The summed E-state index contributed by atoms with van der Waals surface area (Å²) in [5.74, 6) is 0.522. The van der Waals surface area contributed by atoms with Crippen LogP contribution in [0.25, 0.3) is 0 Å². The van der Waals surface area contributed by atoms with Crippen molar-refractivity contribution in [1.82, 2.24) is 0 Å². The standard InChI is InChI=1S/C8H14.C4H6O2/c1-2-8-6-4-3-5-7-8;1-3-6-4(2)5/h2,8H,1,3-7H2;3H,1H2,2H3. The van der Waals surface area contributed by atoms with Crippen molar-refractivity contribution in [1.29, 1.82) is 0 Å². The van der Waals surface area contributed by atoms with Crippen LogP contribution >= 0.6 is 0 Å². The Bertz CT molecular complexity index is 179. The summed E-state index contributed by atoms with van der Waals surface area (Å²) < 4.78 is 4.17. The molecule has 2 heteroatoms. The summed E-state index contributed by atoms with van der Waals surface area (Å²) in [6.45, 7) is 8.26. The number of ether oxygens (including phenoxy) is 1. The van der Waals surface area contributed by atoms with Crippen LogP contribution in [0.4, 0.5) is 0 Å². The molecule has 0 aromatic rings. The number of carbonyl (C=O) groups is 1. The van der Waals surface area contributed by atoms with E-state index in [-0.39, 0.29) is 5.97 Å². The van der Waals surface area contributed by atoms with Gasteiger partial charge in [0.2, 0.25) is 0 Å². The molecule has 0 aliphatic heterocycles. The Hall–Kier alpha value is -1.05. The number of hydrogen-bond acceptors (Lipinski definition) is 2. The largest absolute Gasteiger partial charge is 0.435 e. The van der Waals surface area contributed by atoms with E-state index in [1.807, 2.05) is 0 Å². The Morgan fingerprint density at radius 1 is 1.29 bits per heavy atom. The van der Waals surface area contributed by atoms with E-state index in [1.54, 1.807) is 0 Å². The maximum Gasteiger partial charge on any atom is 0.307 e. The molecule has 0 bridgehead atoms. The van der Waals surface area contributed by atoms with Crippen LogP contribution in [-0.4, -0.2) is 5.97 Å². The van der Waals surface area contributed by atoms with Gasteiger partial charge in [0.1, 0.15) is 0 Å². The van der Waals surface area contributed by atoms with E-state index in [9.17, 15) is 4.79 Å². The first kappa shape index (κ1) is 12.9. The van der Waals surface area contributed by atoms with Crippen molar-refractivity contribution in [3.63, 3.8) is 0 Å². The molecule has 0 spiro atoms. The van der Waals surface area contributed by atoms with E-state index < -0.39 is 0 Å². The van der Waals surface area contributed by atoms with Crippen molar-refractivity contribution < 1.29 is 9.53 Å². The van der Waals surface area contributed by atoms with Gasteiger partial charge in [-0.1, -0.05) is 31.9 Å². The third kappa shape index (κ3) is 7.59. The Balaban J connectivity index is 0.000000255. The van der Waals surface area contributed by atoms with Crippen LogP contribution in [0.15, 0.2) is 25.5 Å². The molecule has 0 unspecified atom stereocenters. The molecule has 0 aromatic carbocycles. The Morgan fingerprint density at radius 3 is 2.07 bits per heavy atom. The van der Waals surface area contributed by atoms with E-state index in [2.05, 4.69) is 24.0 Å². The lowest BCUT2D eigenvalue weighted by Crippen LogP contribution is -2.01. The molecule has 2 nitrogen and oxygen atoms in total. The predicted octanol–water partition coefficient (Wildman–Crippen LogP) is 3.45. The number of allylic oxidation sites excluding steroid dienone is 1. The Kier molecular flexibility index (Phi) is 7.90. The summed E-state index contributed by atoms with van der Waals surface area (Å²) in [5, 5.41) is 0. The second-order valence-electron chi connectivity index (χ2n) is 3.41. The van der Waals surface area contributed by atoms with Gasteiger partial charge in [-0.05, 0) is 18.8 Å². The van der Waals surface area contributed by atoms with Crippen molar-refractivity contribution in [2.75, 3.05) is 0 Å². The third-order valence-corrected chi connectivity index (χ3v) is 2.23. The lowest BCUT2D eigenvalue weighted by molar-refractivity contribution is -0.135. The fourth-order valence-electron chi connectivity index (χ4n) is 1.49. The molecule has 1 rings (SSSR count). The predicted molar refractivity (Wildman–Crippen MR) is 58.7 cm³/mol. The summed E-state index contributed by atoms with van der Waals surface area (Å²) in [6, 6.07) is 0. The van der Waals surface area contributed by atoms with Crippen molar-refractivity contribution in [3.8, 4) is 0 Å². The van der Waals surface area contributed by atoms with Gasteiger partial charge in [-0.2, -0.15) is 0 Å². The van der Waals surface area contributed by atoms with E-state index >= 15 is 0 Å². The minimum absolute atomic E-state index is 0.329. The minimum Gasteiger partial charge on any atom is -0.435 e. The smallest absolute Gasteiger partial charge is 0.307 e. The average molecular weight is 196 g/mol. The van der Waals surface area contributed by atoms with Crippen LogP contribution in [-0.2, 0) is 9.53 Å². The first-order valence-corrected chi connectivity index (χ1v) is 5.11. The van der Waals surface area contributed by atoms with Crippen LogP contribution < -0.4 is 0 Å². The summed E-state index contributed by atoms with van der Waals surface area (Å²) in [5.41, 5.74) is 0. The highest BCUT2D eigenvalue weighted by atomic mass is 16.5. The zero-order valence-corrected chi connectivity index (χ0v) is 9.00. The van der Waals surface area contributed by atoms with E-state index in [1.165, 1.54) is 39.0 Å². The molecule has 1 aliphatic carbocycles. The van der Waals surface area contributed by atoms with Gasteiger partial charge in [0, 0.05) is 6.92 Å². The maximum atomic E-state index is 9.75. The fourth-order valence-corrected chi connectivity index (χ4v) is 1.49. The number of carbonyl (C=O) groups excluding carboxylic acids is 1. The van der Waals surface area contributed by atoms with Gasteiger partial charge in [0.25, 0.3) is 0 Å². The second-order valence-corrected chi connectivity index (χ2v) is 3.41. The molecule has 0 heterocycles. The van der Waals surface area contributed by atoms with Gasteiger partial charge in [-0.25, -0.2) is 0 Å². The quantitative estimate of drug-likeness (QED) is 0.384. The molecule has 1 fully saturated rings. The highest BCUT2D eigenvalue weighted by Crippen LogP contribution is 2.23. The number of hydrogen-bond donors (Lipinski definition) is 0. The maximum absolute atomic E-state index is 9.75. The van der Waals surface area contributed by atoms with Crippen molar-refractivity contribution in [3.05, 3.63) is 25.5 Å². The molecule has 14 heavy (non-hydrogen) atoms. The topological polar surface area (TPSA) is 26.3 Å². The molecule has 1 aliphatic rings. The van der Waals surface area contributed by atoms with Crippen molar-refractivity contribution in [2.24, 2.45) is 5.92 Å². The van der Waals surface area contributed by atoms with Crippen molar-refractivity contribution in [2.45, 2.75) is 39.0 Å². The zero-order valence-electron chi connectivity index (χ0n) is 9.00. The van der Waals surface area contributed by atoms with E-state index in [0.717, 1.165) is 12.2 Å². The van der Waals surface area contributed by atoms with Gasteiger partial charge >= 0.3 is 5.97 Å². The monoisotopic (exact) mass is 196 g/mol. The van der Waals surface area contributed by atoms with E-state index in [0.29, 0.717) is 0 Å². The lowest BCUT2D eigenvalue weighted by atomic mass is 9.90. The molecule has 1 saturated carbocycles. The summed E-state index contributed by atoms with van der Waals surface area (Å²) in [6.07, 6.45) is 10.3. The minimum atomic E-state index is -0.329. The van der Waals surface area contributed by atoms with Gasteiger partial charge < -0.3 is 4.74 Å². The second kappa shape index (κ2) is 8.54. The highest BCUT2D eigenvalue weighted by molar-refractivity contribution is 5.66.